The second-order valence-electron chi connectivity index (χ2n) is 3.67. The summed E-state index contributed by atoms with van der Waals surface area (Å²) in [5, 5.41) is 9.91. The Labute approximate surface area is 89.7 Å². The van der Waals surface area contributed by atoms with Crippen LogP contribution in [-0.2, 0) is 9.53 Å². The largest absolute Gasteiger partial charge is 0.469 e. The maximum absolute atomic E-state index is 11.2. The van der Waals surface area contributed by atoms with Gasteiger partial charge in [0.2, 0.25) is 0 Å². The van der Waals surface area contributed by atoms with Gasteiger partial charge in [-0.25, -0.2) is 0 Å². The fourth-order valence-electron chi connectivity index (χ4n) is 1.46. The van der Waals surface area contributed by atoms with E-state index in [1.165, 1.54) is 7.11 Å². The number of methoxy groups -OCH3 is 1. The van der Waals surface area contributed by atoms with E-state index in [-0.39, 0.29) is 0 Å². The molecule has 0 radical (unpaired) electrons. The van der Waals surface area contributed by atoms with E-state index < -0.39 is 18.0 Å². The zero-order valence-corrected chi connectivity index (χ0v) is 9.23. The molecule has 82 valence electrons. The van der Waals surface area contributed by atoms with E-state index in [0.29, 0.717) is 0 Å². The topological polar surface area (TPSA) is 46.5 Å². The monoisotopic (exact) mass is 208 g/mol. The van der Waals surface area contributed by atoms with Crippen molar-refractivity contribution < 1.29 is 14.6 Å². The van der Waals surface area contributed by atoms with Gasteiger partial charge < -0.3 is 9.84 Å². The molecule has 2 atom stereocenters. The van der Waals surface area contributed by atoms with Gasteiger partial charge in [0.15, 0.2) is 0 Å². The van der Waals surface area contributed by atoms with Crippen LogP contribution in [0.15, 0.2) is 24.3 Å². The average Bonchev–Trinajstić information content (AvgIpc) is 2.26. The zero-order chi connectivity index (χ0) is 11.4. The summed E-state index contributed by atoms with van der Waals surface area (Å²) in [6.07, 6.45) is -0.808. The predicted molar refractivity (Wildman–Crippen MR) is 57.3 cm³/mol. The molecule has 0 aliphatic carbocycles. The highest BCUT2D eigenvalue weighted by Gasteiger charge is 2.23. The van der Waals surface area contributed by atoms with E-state index in [1.54, 1.807) is 13.0 Å². The van der Waals surface area contributed by atoms with Crippen molar-refractivity contribution in [1.82, 2.24) is 0 Å². The van der Waals surface area contributed by atoms with Crippen LogP contribution >= 0.6 is 0 Å². The molecule has 1 rings (SSSR count). The second kappa shape index (κ2) is 4.94. The summed E-state index contributed by atoms with van der Waals surface area (Å²) in [4.78, 5) is 11.2. The van der Waals surface area contributed by atoms with Crippen molar-refractivity contribution in [2.45, 2.75) is 20.0 Å². The predicted octanol–water partition coefficient (Wildman–Crippen LogP) is 1.84. The number of aliphatic hydroxyl groups is 1. The highest BCUT2D eigenvalue weighted by Crippen LogP contribution is 2.23. The third-order valence-electron chi connectivity index (χ3n) is 2.43. The van der Waals surface area contributed by atoms with Crippen molar-refractivity contribution in [3.05, 3.63) is 35.4 Å². The third kappa shape index (κ3) is 2.80. The smallest absolute Gasteiger partial charge is 0.311 e. The van der Waals surface area contributed by atoms with Crippen LogP contribution < -0.4 is 0 Å². The van der Waals surface area contributed by atoms with Crippen LogP contribution in [0.1, 0.15) is 24.2 Å². The van der Waals surface area contributed by atoms with Crippen LogP contribution in [0.25, 0.3) is 0 Å². The molecule has 1 N–H and O–H groups in total. The van der Waals surface area contributed by atoms with Gasteiger partial charge in [0, 0.05) is 0 Å². The minimum Gasteiger partial charge on any atom is -0.469 e. The van der Waals surface area contributed by atoms with Gasteiger partial charge in [0.1, 0.15) is 0 Å². The molecular weight excluding hydrogens is 192 g/mol. The zero-order valence-electron chi connectivity index (χ0n) is 9.23. The maximum Gasteiger partial charge on any atom is 0.311 e. The molecule has 15 heavy (non-hydrogen) atoms. The van der Waals surface area contributed by atoms with Gasteiger partial charge >= 0.3 is 5.97 Å². The maximum atomic E-state index is 11.2. The number of aryl methyl sites for hydroxylation is 1. The molecular formula is C12H16O3. The Morgan fingerprint density at radius 1 is 1.47 bits per heavy atom. The molecule has 0 saturated heterocycles. The van der Waals surface area contributed by atoms with E-state index in [1.807, 2.05) is 25.1 Å². The molecule has 0 heterocycles. The Bertz CT molecular complexity index is 346. The van der Waals surface area contributed by atoms with Crippen molar-refractivity contribution in [3.8, 4) is 0 Å². The lowest BCUT2D eigenvalue weighted by Gasteiger charge is -2.17. The minimum absolute atomic E-state index is 0.399. The molecule has 3 heteroatoms. The summed E-state index contributed by atoms with van der Waals surface area (Å²) in [5.74, 6) is -0.944. The fraction of sp³-hybridized carbons (Fsp3) is 0.417. The van der Waals surface area contributed by atoms with Crippen LogP contribution in [0.4, 0.5) is 0 Å². The van der Waals surface area contributed by atoms with Crippen LogP contribution in [0, 0.1) is 12.8 Å². The summed E-state index contributed by atoms with van der Waals surface area (Å²) in [6, 6.07) is 7.47. The van der Waals surface area contributed by atoms with Crippen LogP contribution in [-0.4, -0.2) is 18.2 Å². The first-order chi connectivity index (χ1) is 7.06. The normalized spacial score (nSPS) is 14.4. The molecule has 0 aliphatic rings. The van der Waals surface area contributed by atoms with E-state index in [4.69, 9.17) is 0 Å². The molecule has 0 aliphatic heterocycles. The quantitative estimate of drug-likeness (QED) is 0.771. The number of aliphatic hydroxyl groups excluding tert-OH is 1. The first-order valence-corrected chi connectivity index (χ1v) is 4.88. The molecule has 0 amide bonds. The molecule has 0 fully saturated rings. The van der Waals surface area contributed by atoms with Gasteiger partial charge in [-0.2, -0.15) is 0 Å². The molecule has 0 aromatic heterocycles. The first kappa shape index (κ1) is 11.7. The molecule has 1 aromatic rings. The lowest BCUT2D eigenvalue weighted by atomic mass is 9.96. The number of ether oxygens (including phenoxy) is 1. The summed E-state index contributed by atoms with van der Waals surface area (Å²) in [5.41, 5.74) is 1.80. The second-order valence-corrected chi connectivity index (χ2v) is 3.67. The van der Waals surface area contributed by atoms with E-state index >= 15 is 0 Å². The van der Waals surface area contributed by atoms with Crippen molar-refractivity contribution in [3.63, 3.8) is 0 Å². The Morgan fingerprint density at radius 2 is 2.13 bits per heavy atom. The summed E-state index contributed by atoms with van der Waals surface area (Å²) >= 11 is 0. The number of benzene rings is 1. The van der Waals surface area contributed by atoms with Gasteiger partial charge in [-0.1, -0.05) is 29.8 Å². The van der Waals surface area contributed by atoms with E-state index in [9.17, 15) is 9.90 Å². The molecule has 0 saturated carbocycles. The number of hydrogen-bond acceptors (Lipinski definition) is 3. The van der Waals surface area contributed by atoms with E-state index in [0.717, 1.165) is 11.1 Å². The van der Waals surface area contributed by atoms with Gasteiger partial charge in [-0.05, 0) is 19.4 Å². The SMILES string of the molecule is COC(=O)C(C)C(O)c1cccc(C)c1. The van der Waals surface area contributed by atoms with Crippen LogP contribution in [0.3, 0.4) is 0 Å². The summed E-state index contributed by atoms with van der Waals surface area (Å²) in [6.45, 7) is 3.60. The lowest BCUT2D eigenvalue weighted by molar-refractivity contribution is -0.148. The van der Waals surface area contributed by atoms with Crippen molar-refractivity contribution >= 4 is 5.97 Å². The van der Waals surface area contributed by atoms with Crippen molar-refractivity contribution in [2.24, 2.45) is 5.92 Å². The molecule has 3 nitrogen and oxygen atoms in total. The number of hydrogen-bond donors (Lipinski definition) is 1. The van der Waals surface area contributed by atoms with Gasteiger partial charge in [-0.15, -0.1) is 0 Å². The van der Waals surface area contributed by atoms with E-state index in [2.05, 4.69) is 4.74 Å². The molecule has 2 unspecified atom stereocenters. The Balaban J connectivity index is 2.84. The van der Waals surface area contributed by atoms with Gasteiger partial charge in [0.05, 0.1) is 19.1 Å². The highest BCUT2D eigenvalue weighted by atomic mass is 16.5. The van der Waals surface area contributed by atoms with Gasteiger partial charge in [0.25, 0.3) is 0 Å². The highest BCUT2D eigenvalue weighted by molar-refractivity contribution is 5.72. The lowest BCUT2D eigenvalue weighted by Crippen LogP contribution is -2.20. The summed E-state index contributed by atoms with van der Waals surface area (Å²) in [7, 11) is 1.32. The molecule has 0 bridgehead atoms. The molecule has 1 aromatic carbocycles. The first-order valence-electron chi connectivity index (χ1n) is 4.88. The van der Waals surface area contributed by atoms with Gasteiger partial charge in [-0.3, -0.25) is 4.79 Å². The number of rotatable bonds is 3. The average molecular weight is 208 g/mol. The molecule has 0 spiro atoms. The van der Waals surface area contributed by atoms with Crippen LogP contribution in [0.5, 0.6) is 0 Å². The number of esters is 1. The number of carbonyl (C=O) groups is 1. The Kier molecular flexibility index (Phi) is 3.86. The number of carbonyl (C=O) groups excluding carboxylic acids is 1. The van der Waals surface area contributed by atoms with Crippen LogP contribution in [0.2, 0.25) is 0 Å². The van der Waals surface area contributed by atoms with Crippen molar-refractivity contribution in [1.29, 1.82) is 0 Å². The third-order valence-corrected chi connectivity index (χ3v) is 2.43. The fourth-order valence-corrected chi connectivity index (χ4v) is 1.46. The summed E-state index contributed by atoms with van der Waals surface area (Å²) < 4.78 is 4.59. The Morgan fingerprint density at radius 3 is 2.67 bits per heavy atom. The van der Waals surface area contributed by atoms with Crippen molar-refractivity contribution in [2.75, 3.05) is 7.11 Å². The Hall–Kier alpha value is -1.35. The minimum atomic E-state index is -0.808. The standard InChI is InChI=1S/C12H16O3/c1-8-5-4-6-10(7-8)11(13)9(2)12(14)15-3/h4-7,9,11,13H,1-3H3.